The van der Waals surface area contributed by atoms with Crippen LogP contribution >= 0.6 is 0 Å². The Morgan fingerprint density at radius 3 is 1.52 bits per heavy atom. The molecular formula is C51H95NO10. The maximum atomic E-state index is 13.1. The van der Waals surface area contributed by atoms with Crippen molar-refractivity contribution < 1.29 is 50.0 Å². The van der Waals surface area contributed by atoms with E-state index in [1.165, 1.54) is 109 Å². The van der Waals surface area contributed by atoms with E-state index < -0.39 is 74.2 Å². The van der Waals surface area contributed by atoms with E-state index in [9.17, 15) is 40.5 Å². The van der Waals surface area contributed by atoms with E-state index in [0.29, 0.717) is 12.8 Å². The number of carbonyl (C=O) groups is 1. The van der Waals surface area contributed by atoms with Crippen LogP contribution < -0.4 is 5.32 Å². The molecule has 1 saturated heterocycles. The van der Waals surface area contributed by atoms with Gasteiger partial charge in [-0.3, -0.25) is 4.79 Å². The number of ether oxygens (including phenoxy) is 2. The lowest BCUT2D eigenvalue weighted by atomic mass is 9.98. The number of unbranched alkanes of at least 4 members (excludes halogenated alkanes) is 24. The minimum absolute atomic E-state index is 0.241. The molecule has 62 heavy (non-hydrogen) atoms. The average Bonchev–Trinajstić information content (AvgIpc) is 3.27. The molecule has 1 aliphatic heterocycles. The van der Waals surface area contributed by atoms with Gasteiger partial charge in [0.15, 0.2) is 6.29 Å². The predicted octanol–water partition coefficient (Wildman–Crippen LogP) is 9.17. The fraction of sp³-hybridized carbons (Fsp3) is 0.863. The van der Waals surface area contributed by atoms with Crippen molar-refractivity contribution in [3.05, 3.63) is 36.5 Å². The number of carbonyl (C=O) groups excluding carboxylic acids is 1. The van der Waals surface area contributed by atoms with Crippen LogP contribution in [0.1, 0.15) is 213 Å². The zero-order valence-corrected chi connectivity index (χ0v) is 39.4. The molecule has 1 amide bonds. The Morgan fingerprint density at radius 1 is 0.565 bits per heavy atom. The summed E-state index contributed by atoms with van der Waals surface area (Å²) in [6.07, 6.45) is 36.2. The Morgan fingerprint density at radius 2 is 1.00 bits per heavy atom. The highest BCUT2D eigenvalue weighted by atomic mass is 16.7. The Kier molecular flexibility index (Phi) is 38.4. The number of hydrogen-bond donors (Lipinski definition) is 8. The third-order valence-electron chi connectivity index (χ3n) is 12.2. The normalized spacial score (nSPS) is 21.6. The summed E-state index contributed by atoms with van der Waals surface area (Å²) in [7, 11) is 0. The van der Waals surface area contributed by atoms with Crippen LogP contribution in [-0.4, -0.2) is 110 Å². The van der Waals surface area contributed by atoms with Crippen molar-refractivity contribution in [1.29, 1.82) is 0 Å². The first-order chi connectivity index (χ1) is 30.2. The summed E-state index contributed by atoms with van der Waals surface area (Å²) in [5.41, 5.74) is 0. The molecule has 11 nitrogen and oxygen atoms in total. The van der Waals surface area contributed by atoms with Gasteiger partial charge >= 0.3 is 0 Å². The molecule has 0 aliphatic carbocycles. The van der Waals surface area contributed by atoms with Gasteiger partial charge in [0.2, 0.25) is 5.91 Å². The predicted molar refractivity (Wildman–Crippen MR) is 252 cm³/mol. The van der Waals surface area contributed by atoms with Gasteiger partial charge in [-0.25, -0.2) is 0 Å². The van der Waals surface area contributed by atoms with E-state index in [-0.39, 0.29) is 12.8 Å². The lowest BCUT2D eigenvalue weighted by Gasteiger charge is -2.40. The summed E-state index contributed by atoms with van der Waals surface area (Å²) in [5, 5.41) is 75.8. The van der Waals surface area contributed by atoms with E-state index in [1.54, 1.807) is 0 Å². The minimum atomic E-state index is -1.67. The van der Waals surface area contributed by atoms with Crippen LogP contribution in [0.15, 0.2) is 36.5 Å². The van der Waals surface area contributed by atoms with Crippen molar-refractivity contribution in [3.63, 3.8) is 0 Å². The molecule has 0 spiro atoms. The van der Waals surface area contributed by atoms with Crippen LogP contribution in [0.5, 0.6) is 0 Å². The molecule has 0 radical (unpaired) electrons. The van der Waals surface area contributed by atoms with E-state index >= 15 is 0 Å². The molecule has 1 heterocycles. The molecule has 0 saturated carbocycles. The van der Waals surface area contributed by atoms with Crippen molar-refractivity contribution in [2.75, 3.05) is 13.2 Å². The van der Waals surface area contributed by atoms with E-state index in [2.05, 4.69) is 55.6 Å². The van der Waals surface area contributed by atoms with Crippen LogP contribution in [0.3, 0.4) is 0 Å². The molecule has 9 atom stereocenters. The van der Waals surface area contributed by atoms with E-state index in [1.807, 2.05) is 0 Å². The molecule has 1 aliphatic rings. The average molecular weight is 882 g/mol. The Balaban J connectivity index is 2.43. The smallest absolute Gasteiger partial charge is 0.249 e. The lowest BCUT2D eigenvalue weighted by Crippen LogP contribution is -2.60. The summed E-state index contributed by atoms with van der Waals surface area (Å²) < 4.78 is 11.1. The number of aliphatic hydroxyl groups excluding tert-OH is 7. The minimum Gasteiger partial charge on any atom is -0.394 e. The number of rotatable bonds is 42. The fourth-order valence-electron chi connectivity index (χ4n) is 7.94. The lowest BCUT2D eigenvalue weighted by molar-refractivity contribution is -0.303. The van der Waals surface area contributed by atoms with Gasteiger partial charge in [0.25, 0.3) is 0 Å². The van der Waals surface area contributed by atoms with Crippen LogP contribution in [0.2, 0.25) is 0 Å². The highest BCUT2D eigenvalue weighted by Gasteiger charge is 2.44. The van der Waals surface area contributed by atoms with Gasteiger partial charge in [-0.05, 0) is 70.6 Å². The zero-order chi connectivity index (χ0) is 45.5. The Bertz CT molecular complexity index is 1100. The second-order valence-corrected chi connectivity index (χ2v) is 17.9. The maximum absolute atomic E-state index is 13.1. The van der Waals surface area contributed by atoms with Crippen molar-refractivity contribution in [1.82, 2.24) is 5.32 Å². The molecule has 364 valence electrons. The third-order valence-corrected chi connectivity index (χ3v) is 12.2. The van der Waals surface area contributed by atoms with Crippen molar-refractivity contribution in [2.45, 2.75) is 268 Å². The Hall–Kier alpha value is -1.67. The van der Waals surface area contributed by atoms with Gasteiger partial charge in [0.05, 0.1) is 25.4 Å². The zero-order valence-electron chi connectivity index (χ0n) is 39.4. The Labute approximate surface area is 377 Å². The first kappa shape index (κ1) is 58.3. The second kappa shape index (κ2) is 40.8. The molecule has 0 aromatic heterocycles. The first-order valence-electron chi connectivity index (χ1n) is 25.4. The highest BCUT2D eigenvalue weighted by Crippen LogP contribution is 2.23. The largest absolute Gasteiger partial charge is 0.394 e. The molecule has 9 unspecified atom stereocenters. The van der Waals surface area contributed by atoms with Gasteiger partial charge in [-0.2, -0.15) is 0 Å². The molecule has 0 aromatic rings. The van der Waals surface area contributed by atoms with Crippen LogP contribution in [0, 0.1) is 0 Å². The number of nitrogens with one attached hydrogen (secondary N) is 1. The first-order valence-corrected chi connectivity index (χ1v) is 25.4. The van der Waals surface area contributed by atoms with Crippen molar-refractivity contribution >= 4 is 5.91 Å². The number of aliphatic hydroxyl groups is 7. The molecule has 1 rings (SSSR count). The number of hydrogen-bond acceptors (Lipinski definition) is 10. The van der Waals surface area contributed by atoms with E-state index in [0.717, 1.165) is 64.2 Å². The maximum Gasteiger partial charge on any atom is 0.249 e. The topological polar surface area (TPSA) is 189 Å². The van der Waals surface area contributed by atoms with Crippen molar-refractivity contribution in [3.8, 4) is 0 Å². The summed E-state index contributed by atoms with van der Waals surface area (Å²) >= 11 is 0. The molecule has 0 bridgehead atoms. The van der Waals surface area contributed by atoms with Crippen LogP contribution in [0.4, 0.5) is 0 Å². The summed E-state index contributed by atoms with van der Waals surface area (Å²) in [6, 6.07) is -1.19. The monoisotopic (exact) mass is 882 g/mol. The van der Waals surface area contributed by atoms with Gasteiger partial charge < -0.3 is 50.5 Å². The number of amides is 1. The van der Waals surface area contributed by atoms with Gasteiger partial charge in [0.1, 0.15) is 36.6 Å². The van der Waals surface area contributed by atoms with Gasteiger partial charge in [-0.15, -0.1) is 0 Å². The van der Waals surface area contributed by atoms with Crippen molar-refractivity contribution in [2.24, 2.45) is 0 Å². The fourth-order valence-corrected chi connectivity index (χ4v) is 7.94. The summed E-state index contributed by atoms with van der Waals surface area (Å²) in [4.78, 5) is 13.1. The van der Waals surface area contributed by atoms with Crippen LogP contribution in [0.25, 0.3) is 0 Å². The molecule has 1 fully saturated rings. The standard InChI is InChI=1S/C51H95NO10/c1-3-5-7-9-11-13-15-17-19-21-22-23-25-26-28-30-32-34-36-38-43(54)46(56)42(41-61-51-49(59)48(58)47(57)45(40-53)62-51)52-50(60)44(55)39-37-35-33-31-29-27-24-20-18-16-14-12-10-8-6-4-2/h12,14,18,20,30,32,42-49,51,53-59H,3-11,13,15-17,19,21-29,31,33-41H2,1-2H3,(H,52,60)/b14-12-,20-18-,32-30+. The van der Waals surface area contributed by atoms with Gasteiger partial charge in [0, 0.05) is 0 Å². The SMILES string of the molecule is CCCCC/C=C\C/C=C\CCCCCCCCC(O)C(=O)NC(COC1OC(CO)C(O)C(O)C1O)C(O)C(O)CCC/C=C/CCCCCCCCCCCCCCCC. The van der Waals surface area contributed by atoms with Gasteiger partial charge in [-0.1, -0.05) is 179 Å². The molecular weight excluding hydrogens is 787 g/mol. The van der Waals surface area contributed by atoms with Crippen LogP contribution in [-0.2, 0) is 14.3 Å². The molecule has 8 N–H and O–H groups in total. The summed E-state index contributed by atoms with van der Waals surface area (Å²) in [6.45, 7) is 3.40. The molecule has 11 heteroatoms. The number of allylic oxidation sites excluding steroid dienone is 6. The quantitative estimate of drug-likeness (QED) is 0.0217. The highest BCUT2D eigenvalue weighted by molar-refractivity contribution is 5.80. The van der Waals surface area contributed by atoms with E-state index in [4.69, 9.17) is 9.47 Å². The second-order valence-electron chi connectivity index (χ2n) is 17.9. The summed E-state index contributed by atoms with van der Waals surface area (Å²) in [5.74, 6) is -0.715. The molecule has 0 aromatic carbocycles. The third kappa shape index (κ3) is 29.7.